The minimum atomic E-state index is -0.129. The van der Waals surface area contributed by atoms with Gasteiger partial charge in [-0.25, -0.2) is 9.50 Å². The highest BCUT2D eigenvalue weighted by Crippen LogP contribution is 2.04. The molecule has 0 unspecified atom stereocenters. The van der Waals surface area contributed by atoms with Gasteiger partial charge in [0.2, 0.25) is 0 Å². The summed E-state index contributed by atoms with van der Waals surface area (Å²) in [6.45, 7) is 0. The van der Waals surface area contributed by atoms with Gasteiger partial charge in [0.05, 0.1) is 5.69 Å². The molecule has 3 rings (SSSR count). The number of hydrogen-bond acceptors (Lipinski definition) is 3. The van der Waals surface area contributed by atoms with Crippen molar-refractivity contribution in [3.05, 3.63) is 64.5 Å². The number of aromatic amines is 1. The molecule has 0 amide bonds. The van der Waals surface area contributed by atoms with E-state index in [-0.39, 0.29) is 5.56 Å². The first-order valence-corrected chi connectivity index (χ1v) is 5.48. The second-order valence-electron chi connectivity index (χ2n) is 3.79. The molecule has 0 saturated heterocycles. The van der Waals surface area contributed by atoms with E-state index >= 15 is 0 Å². The maximum atomic E-state index is 11.7. The lowest BCUT2D eigenvalue weighted by atomic mass is 10.2. The van der Waals surface area contributed by atoms with Gasteiger partial charge in [0.25, 0.3) is 5.56 Å². The topological polar surface area (TPSA) is 63.0 Å². The van der Waals surface area contributed by atoms with Gasteiger partial charge in [-0.1, -0.05) is 12.1 Å². The minimum absolute atomic E-state index is 0.129. The van der Waals surface area contributed by atoms with Crippen LogP contribution < -0.4 is 5.56 Å². The lowest BCUT2D eigenvalue weighted by Crippen LogP contribution is -2.14. The standard InChI is InChI=1S/C13H10N4O/c18-13-8-11(16-12-5-7-15-17(12)13)4-3-10-2-1-6-14-9-10/h1-9,15H. The highest BCUT2D eigenvalue weighted by Gasteiger charge is 1.99. The molecule has 0 saturated carbocycles. The molecule has 0 fully saturated rings. The third kappa shape index (κ3) is 1.93. The first-order chi connectivity index (χ1) is 8.83. The molecule has 0 bridgehead atoms. The van der Waals surface area contributed by atoms with Crippen molar-refractivity contribution in [1.29, 1.82) is 0 Å². The zero-order valence-electron chi connectivity index (χ0n) is 9.45. The largest absolute Gasteiger partial charge is 0.297 e. The number of fused-ring (bicyclic) bond motifs is 1. The summed E-state index contributed by atoms with van der Waals surface area (Å²) in [6.07, 6.45) is 8.81. The van der Waals surface area contributed by atoms with Gasteiger partial charge >= 0.3 is 0 Å². The molecule has 0 aliphatic heterocycles. The Morgan fingerprint density at radius 1 is 1.28 bits per heavy atom. The van der Waals surface area contributed by atoms with E-state index in [0.717, 1.165) is 5.56 Å². The van der Waals surface area contributed by atoms with E-state index in [1.165, 1.54) is 10.6 Å². The van der Waals surface area contributed by atoms with Crippen molar-refractivity contribution in [3.8, 4) is 0 Å². The van der Waals surface area contributed by atoms with Gasteiger partial charge in [0, 0.05) is 30.7 Å². The Hall–Kier alpha value is -2.69. The zero-order chi connectivity index (χ0) is 12.4. The quantitative estimate of drug-likeness (QED) is 0.737. The van der Waals surface area contributed by atoms with Crippen molar-refractivity contribution >= 4 is 17.8 Å². The molecule has 0 atom stereocenters. The Balaban J connectivity index is 2.00. The zero-order valence-corrected chi connectivity index (χ0v) is 9.45. The van der Waals surface area contributed by atoms with Crippen molar-refractivity contribution in [3.63, 3.8) is 0 Å². The summed E-state index contributed by atoms with van der Waals surface area (Å²) in [5.41, 5.74) is 2.07. The predicted octanol–water partition coefficient (Wildman–Crippen LogP) is 1.59. The first-order valence-electron chi connectivity index (χ1n) is 5.48. The van der Waals surface area contributed by atoms with E-state index in [1.807, 2.05) is 18.2 Å². The molecule has 0 aliphatic carbocycles. The van der Waals surface area contributed by atoms with E-state index in [0.29, 0.717) is 11.3 Å². The number of nitrogens with one attached hydrogen (secondary N) is 1. The highest BCUT2D eigenvalue weighted by atomic mass is 16.1. The van der Waals surface area contributed by atoms with Crippen LogP contribution in [0.3, 0.4) is 0 Å². The van der Waals surface area contributed by atoms with Gasteiger partial charge in [0.15, 0.2) is 5.65 Å². The summed E-state index contributed by atoms with van der Waals surface area (Å²) in [5.74, 6) is 0. The molecule has 88 valence electrons. The molecule has 5 nitrogen and oxygen atoms in total. The van der Waals surface area contributed by atoms with Crippen molar-refractivity contribution in [2.24, 2.45) is 0 Å². The van der Waals surface area contributed by atoms with Crippen LogP contribution in [0.2, 0.25) is 0 Å². The maximum Gasteiger partial charge on any atom is 0.273 e. The van der Waals surface area contributed by atoms with Crippen LogP contribution in [-0.4, -0.2) is 19.6 Å². The molecule has 3 aromatic rings. The molecule has 0 radical (unpaired) electrons. The molecule has 0 aromatic carbocycles. The summed E-state index contributed by atoms with van der Waals surface area (Å²) < 4.78 is 1.39. The van der Waals surface area contributed by atoms with Crippen molar-refractivity contribution < 1.29 is 0 Å². The van der Waals surface area contributed by atoms with Gasteiger partial charge in [0.1, 0.15) is 0 Å². The number of aromatic nitrogens is 4. The molecule has 0 aliphatic rings. The van der Waals surface area contributed by atoms with Crippen LogP contribution in [0, 0.1) is 0 Å². The average Bonchev–Trinajstić information content (AvgIpc) is 2.86. The fourth-order valence-electron chi connectivity index (χ4n) is 1.69. The normalized spacial score (nSPS) is 11.3. The van der Waals surface area contributed by atoms with Crippen molar-refractivity contribution in [2.75, 3.05) is 0 Å². The summed E-state index contributed by atoms with van der Waals surface area (Å²) in [7, 11) is 0. The third-order valence-corrected chi connectivity index (χ3v) is 2.53. The third-order valence-electron chi connectivity index (χ3n) is 2.53. The summed E-state index contributed by atoms with van der Waals surface area (Å²) in [6, 6.07) is 7.03. The number of pyridine rings is 1. The van der Waals surface area contributed by atoms with Gasteiger partial charge in [-0.05, 0) is 17.7 Å². The van der Waals surface area contributed by atoms with Gasteiger partial charge in [-0.15, -0.1) is 0 Å². The second-order valence-corrected chi connectivity index (χ2v) is 3.79. The van der Waals surface area contributed by atoms with Crippen LogP contribution in [0.25, 0.3) is 17.8 Å². The maximum absolute atomic E-state index is 11.7. The predicted molar refractivity (Wildman–Crippen MR) is 69.0 cm³/mol. The average molecular weight is 238 g/mol. The number of H-pyrrole nitrogens is 1. The summed E-state index contributed by atoms with van der Waals surface area (Å²) in [4.78, 5) is 20.1. The Morgan fingerprint density at radius 3 is 3.06 bits per heavy atom. The molecule has 3 aromatic heterocycles. The van der Waals surface area contributed by atoms with E-state index < -0.39 is 0 Å². The fourth-order valence-corrected chi connectivity index (χ4v) is 1.69. The lowest BCUT2D eigenvalue weighted by Gasteiger charge is -1.95. The molecule has 1 N–H and O–H groups in total. The molecular formula is C13H10N4O. The number of rotatable bonds is 2. The SMILES string of the molecule is O=c1cc(C=Cc2cccnc2)nc2cc[nH]n12. The fraction of sp³-hybridized carbons (Fsp3) is 0. The Bertz CT molecular complexity index is 755. The van der Waals surface area contributed by atoms with E-state index in [9.17, 15) is 4.79 Å². The van der Waals surface area contributed by atoms with Crippen molar-refractivity contribution in [1.82, 2.24) is 19.6 Å². The first kappa shape index (κ1) is 10.5. The number of hydrogen-bond donors (Lipinski definition) is 1. The van der Waals surface area contributed by atoms with Crippen LogP contribution in [0.15, 0.2) is 47.7 Å². The van der Waals surface area contributed by atoms with Crippen LogP contribution in [-0.2, 0) is 0 Å². The molecule has 3 heterocycles. The van der Waals surface area contributed by atoms with Crippen LogP contribution >= 0.6 is 0 Å². The van der Waals surface area contributed by atoms with Crippen LogP contribution in [0.1, 0.15) is 11.3 Å². The molecule has 5 heteroatoms. The Labute approximate surface area is 102 Å². The highest BCUT2D eigenvalue weighted by molar-refractivity contribution is 5.68. The second kappa shape index (κ2) is 4.29. The van der Waals surface area contributed by atoms with Crippen LogP contribution in [0.5, 0.6) is 0 Å². The van der Waals surface area contributed by atoms with E-state index in [1.54, 1.807) is 30.7 Å². The van der Waals surface area contributed by atoms with E-state index in [4.69, 9.17) is 0 Å². The van der Waals surface area contributed by atoms with E-state index in [2.05, 4.69) is 15.1 Å². The molecular weight excluding hydrogens is 228 g/mol. The van der Waals surface area contributed by atoms with Gasteiger partial charge < -0.3 is 0 Å². The number of nitrogens with zero attached hydrogens (tertiary/aromatic N) is 3. The monoisotopic (exact) mass is 238 g/mol. The minimum Gasteiger partial charge on any atom is -0.297 e. The van der Waals surface area contributed by atoms with Gasteiger partial charge in [-0.3, -0.25) is 14.9 Å². The van der Waals surface area contributed by atoms with Gasteiger partial charge in [-0.2, -0.15) is 0 Å². The Morgan fingerprint density at radius 2 is 2.22 bits per heavy atom. The van der Waals surface area contributed by atoms with Crippen LogP contribution in [0.4, 0.5) is 0 Å². The smallest absolute Gasteiger partial charge is 0.273 e. The van der Waals surface area contributed by atoms with Crippen molar-refractivity contribution in [2.45, 2.75) is 0 Å². The summed E-state index contributed by atoms with van der Waals surface area (Å²) >= 11 is 0. The molecule has 0 spiro atoms. The molecule has 18 heavy (non-hydrogen) atoms. The Kier molecular flexibility index (Phi) is 2.49. The lowest BCUT2D eigenvalue weighted by molar-refractivity contribution is 0.897. The summed E-state index contributed by atoms with van der Waals surface area (Å²) in [5, 5.41) is 2.80.